The number of carbonyl (C=O) groups excluding carboxylic acids is 1. The molecule has 0 aliphatic carbocycles. The summed E-state index contributed by atoms with van der Waals surface area (Å²) in [5.74, 6) is -1.53. The quantitative estimate of drug-likeness (QED) is 0.258. The molecule has 0 radical (unpaired) electrons. The van der Waals surface area contributed by atoms with Crippen molar-refractivity contribution in [3.05, 3.63) is 80.9 Å². The molecule has 132 valence electrons. The van der Waals surface area contributed by atoms with Crippen LogP contribution in [0, 0.1) is 3.57 Å². The maximum absolute atomic E-state index is 12.8. The van der Waals surface area contributed by atoms with Gasteiger partial charge in [-0.15, -0.1) is 0 Å². The van der Waals surface area contributed by atoms with Crippen LogP contribution in [0.3, 0.4) is 0 Å². The van der Waals surface area contributed by atoms with Crippen molar-refractivity contribution in [3.63, 3.8) is 0 Å². The van der Waals surface area contributed by atoms with E-state index < -0.39 is 15.4 Å². The summed E-state index contributed by atoms with van der Waals surface area (Å²) in [6.07, 6.45) is 0. The van der Waals surface area contributed by atoms with Gasteiger partial charge in [0.15, 0.2) is 0 Å². The Hall–Kier alpha value is -1.68. The Balaban J connectivity index is 2.04. The standard InChI is InChI=1S/C20H15I2NO3/c1-20(22,17-13-7-3-2-6-12(13)10-11-16(17)21)23-18(24)14-8-4-5-9-15(14)19(25)26/h2-11H,1H3,(H,23,24)(H,25,26)/t20-/m0/s1. The van der Waals surface area contributed by atoms with Crippen LogP contribution in [0.15, 0.2) is 60.7 Å². The molecule has 3 aromatic rings. The minimum atomic E-state index is -1.12. The highest BCUT2D eigenvalue weighted by atomic mass is 127. The average Bonchev–Trinajstić information content (AvgIpc) is 2.60. The molecule has 1 amide bonds. The SMILES string of the molecule is C[C@](I)(NC(=O)c1ccccc1C(=O)O)c1c(I)ccc2ccccc12. The molecule has 3 aromatic carbocycles. The van der Waals surface area contributed by atoms with E-state index in [1.54, 1.807) is 12.1 Å². The van der Waals surface area contributed by atoms with E-state index in [4.69, 9.17) is 0 Å². The van der Waals surface area contributed by atoms with E-state index in [0.29, 0.717) is 0 Å². The van der Waals surface area contributed by atoms with Crippen molar-refractivity contribution >= 4 is 67.8 Å². The molecule has 4 nitrogen and oxygen atoms in total. The van der Waals surface area contributed by atoms with Gasteiger partial charge in [-0.25, -0.2) is 4.79 Å². The zero-order chi connectivity index (χ0) is 18.9. The molecule has 26 heavy (non-hydrogen) atoms. The van der Waals surface area contributed by atoms with Crippen molar-refractivity contribution in [2.45, 2.75) is 10.5 Å². The summed E-state index contributed by atoms with van der Waals surface area (Å²) in [4.78, 5) is 24.2. The van der Waals surface area contributed by atoms with Gasteiger partial charge in [-0.05, 0) is 81.1 Å². The molecule has 3 rings (SSSR count). The third kappa shape index (κ3) is 3.71. The predicted octanol–water partition coefficient (Wildman–Crippen LogP) is 5.18. The van der Waals surface area contributed by atoms with E-state index in [2.05, 4.69) is 56.6 Å². The molecular weight excluding hydrogens is 556 g/mol. The van der Waals surface area contributed by atoms with Crippen LogP contribution in [0.4, 0.5) is 0 Å². The first kappa shape index (κ1) is 19.1. The van der Waals surface area contributed by atoms with Gasteiger partial charge in [0, 0.05) is 9.13 Å². The Labute approximate surface area is 178 Å². The Morgan fingerprint density at radius 2 is 1.58 bits per heavy atom. The van der Waals surface area contributed by atoms with Gasteiger partial charge in [0.1, 0.15) is 3.55 Å². The molecule has 1 atom stereocenters. The molecule has 0 spiro atoms. The van der Waals surface area contributed by atoms with Crippen LogP contribution < -0.4 is 5.32 Å². The number of hydrogen-bond donors (Lipinski definition) is 2. The second-order valence-corrected chi connectivity index (χ2v) is 9.27. The van der Waals surface area contributed by atoms with E-state index >= 15 is 0 Å². The number of aromatic carboxylic acids is 1. The van der Waals surface area contributed by atoms with E-state index in [1.807, 2.05) is 37.3 Å². The van der Waals surface area contributed by atoms with Gasteiger partial charge in [-0.3, -0.25) is 4.79 Å². The molecular formula is C20H15I2NO3. The lowest BCUT2D eigenvalue weighted by molar-refractivity contribution is 0.0690. The summed E-state index contributed by atoms with van der Waals surface area (Å²) in [7, 11) is 0. The molecule has 0 aliphatic rings. The van der Waals surface area contributed by atoms with Crippen molar-refractivity contribution in [1.82, 2.24) is 5.32 Å². The summed E-state index contributed by atoms with van der Waals surface area (Å²) in [5, 5.41) is 14.5. The number of carboxylic acids is 1. The summed E-state index contributed by atoms with van der Waals surface area (Å²) < 4.78 is 0.322. The lowest BCUT2D eigenvalue weighted by Gasteiger charge is -2.28. The van der Waals surface area contributed by atoms with Crippen LogP contribution in [-0.4, -0.2) is 17.0 Å². The fraction of sp³-hybridized carbons (Fsp3) is 0.100. The molecule has 0 aromatic heterocycles. The number of halogens is 2. The molecule has 2 N–H and O–H groups in total. The lowest BCUT2D eigenvalue weighted by Crippen LogP contribution is -2.39. The monoisotopic (exact) mass is 571 g/mol. The molecule has 0 heterocycles. The van der Waals surface area contributed by atoms with Gasteiger partial charge in [-0.2, -0.15) is 0 Å². The molecule has 0 saturated heterocycles. The van der Waals surface area contributed by atoms with Crippen LogP contribution in [0.5, 0.6) is 0 Å². The summed E-state index contributed by atoms with van der Waals surface area (Å²) >= 11 is 4.46. The van der Waals surface area contributed by atoms with E-state index in [1.165, 1.54) is 12.1 Å². The number of hydrogen-bond acceptors (Lipinski definition) is 2. The Morgan fingerprint density at radius 1 is 0.962 bits per heavy atom. The maximum atomic E-state index is 12.8. The summed E-state index contributed by atoms with van der Waals surface area (Å²) in [5.41, 5.74) is 1.14. The summed E-state index contributed by atoms with van der Waals surface area (Å²) in [6.45, 7) is 1.92. The smallest absolute Gasteiger partial charge is 0.336 e. The largest absolute Gasteiger partial charge is 0.478 e. The first-order valence-electron chi connectivity index (χ1n) is 7.83. The van der Waals surface area contributed by atoms with E-state index in [9.17, 15) is 14.7 Å². The summed E-state index contributed by atoms with van der Waals surface area (Å²) in [6, 6.07) is 18.3. The minimum absolute atomic E-state index is 0.00943. The third-order valence-corrected chi connectivity index (χ3v) is 5.81. The molecule has 0 aliphatic heterocycles. The number of amides is 1. The van der Waals surface area contributed by atoms with Crippen LogP contribution >= 0.6 is 45.2 Å². The second-order valence-electron chi connectivity index (χ2n) is 5.95. The van der Waals surface area contributed by atoms with Crippen molar-refractivity contribution < 1.29 is 14.7 Å². The number of rotatable bonds is 4. The molecule has 6 heteroatoms. The van der Waals surface area contributed by atoms with Crippen LogP contribution in [0.25, 0.3) is 10.8 Å². The van der Waals surface area contributed by atoms with Crippen molar-refractivity contribution in [2.24, 2.45) is 0 Å². The predicted molar refractivity (Wildman–Crippen MR) is 119 cm³/mol. The van der Waals surface area contributed by atoms with Gasteiger partial charge in [0.25, 0.3) is 5.91 Å². The number of alkyl halides is 1. The van der Waals surface area contributed by atoms with E-state index in [0.717, 1.165) is 19.9 Å². The molecule has 0 fully saturated rings. The first-order valence-corrected chi connectivity index (χ1v) is 9.98. The van der Waals surface area contributed by atoms with Gasteiger partial charge in [0.05, 0.1) is 11.1 Å². The number of carbonyl (C=O) groups is 2. The lowest BCUT2D eigenvalue weighted by atomic mass is 9.99. The Morgan fingerprint density at radius 3 is 2.27 bits per heavy atom. The number of fused-ring (bicyclic) bond motifs is 1. The Bertz CT molecular complexity index is 1010. The highest BCUT2D eigenvalue weighted by molar-refractivity contribution is 14.1. The van der Waals surface area contributed by atoms with Gasteiger partial charge in [0.2, 0.25) is 0 Å². The van der Waals surface area contributed by atoms with Crippen molar-refractivity contribution in [1.29, 1.82) is 0 Å². The van der Waals surface area contributed by atoms with E-state index in [-0.39, 0.29) is 11.1 Å². The van der Waals surface area contributed by atoms with Crippen LogP contribution in [-0.2, 0) is 3.55 Å². The number of benzene rings is 3. The van der Waals surface area contributed by atoms with Crippen LogP contribution in [0.1, 0.15) is 33.2 Å². The highest BCUT2D eigenvalue weighted by Gasteiger charge is 2.30. The normalized spacial score (nSPS) is 13.2. The molecule has 0 saturated carbocycles. The topological polar surface area (TPSA) is 66.4 Å². The fourth-order valence-electron chi connectivity index (χ4n) is 2.93. The minimum Gasteiger partial charge on any atom is -0.478 e. The highest BCUT2D eigenvalue weighted by Crippen LogP contribution is 2.37. The second kappa shape index (κ2) is 7.51. The van der Waals surface area contributed by atoms with Gasteiger partial charge < -0.3 is 10.4 Å². The Kier molecular flexibility index (Phi) is 5.52. The number of carboxylic acid groups (broad SMARTS) is 1. The average molecular weight is 571 g/mol. The van der Waals surface area contributed by atoms with Crippen LogP contribution in [0.2, 0.25) is 0 Å². The molecule has 0 bridgehead atoms. The maximum Gasteiger partial charge on any atom is 0.336 e. The first-order chi connectivity index (χ1) is 12.3. The zero-order valence-electron chi connectivity index (χ0n) is 13.8. The molecule has 0 unspecified atom stereocenters. The van der Waals surface area contributed by atoms with Gasteiger partial charge >= 0.3 is 5.97 Å². The van der Waals surface area contributed by atoms with Crippen molar-refractivity contribution in [3.8, 4) is 0 Å². The fourth-order valence-corrected chi connectivity index (χ4v) is 5.28. The zero-order valence-corrected chi connectivity index (χ0v) is 18.1. The van der Waals surface area contributed by atoms with Crippen molar-refractivity contribution in [2.75, 3.05) is 0 Å². The number of nitrogens with one attached hydrogen (secondary N) is 1. The third-order valence-electron chi connectivity index (χ3n) is 4.10. The van der Waals surface area contributed by atoms with Gasteiger partial charge in [-0.1, -0.05) is 42.5 Å².